The molecule has 1 fully saturated rings. The van der Waals surface area contributed by atoms with E-state index in [0.29, 0.717) is 18.9 Å². The highest BCUT2D eigenvalue weighted by atomic mass is 16.5. The molecule has 0 aliphatic carbocycles. The molecule has 6 nitrogen and oxygen atoms in total. The van der Waals surface area contributed by atoms with Crippen molar-refractivity contribution in [1.82, 2.24) is 20.4 Å². The van der Waals surface area contributed by atoms with E-state index in [-0.39, 0.29) is 18.1 Å². The van der Waals surface area contributed by atoms with Crippen LogP contribution in [0.25, 0.3) is 0 Å². The van der Waals surface area contributed by atoms with Crippen LogP contribution >= 0.6 is 0 Å². The van der Waals surface area contributed by atoms with Crippen LogP contribution in [-0.4, -0.2) is 59.4 Å². The second-order valence-corrected chi connectivity index (χ2v) is 5.60. The molecule has 112 valence electrons. The average Bonchev–Trinajstić information content (AvgIpc) is 3.05. The van der Waals surface area contributed by atoms with Gasteiger partial charge in [0.2, 0.25) is 5.91 Å². The van der Waals surface area contributed by atoms with E-state index in [2.05, 4.69) is 34.3 Å². The number of hydrogen-bond donors (Lipinski definition) is 2. The van der Waals surface area contributed by atoms with E-state index in [0.717, 1.165) is 18.7 Å². The van der Waals surface area contributed by atoms with E-state index in [4.69, 9.17) is 4.74 Å². The van der Waals surface area contributed by atoms with E-state index < -0.39 is 0 Å². The standard InChI is InChI=1S/C14H24N4O2/c1-10(2)18-8-12(13(9-18)20-3)17-14(19)5-4-11-6-15-16-7-11/h6-7,10,12-13H,4-5,8-9H2,1-3H3,(H,15,16)(H,17,19)/t12-,13-/m0/s1. The molecule has 0 saturated carbocycles. The van der Waals surface area contributed by atoms with Crippen LogP contribution in [0, 0.1) is 0 Å². The van der Waals surface area contributed by atoms with Gasteiger partial charge in [-0.15, -0.1) is 0 Å². The Labute approximate surface area is 119 Å². The summed E-state index contributed by atoms with van der Waals surface area (Å²) in [6.07, 6.45) is 4.84. The fourth-order valence-corrected chi connectivity index (χ4v) is 2.55. The molecule has 20 heavy (non-hydrogen) atoms. The third-order valence-corrected chi connectivity index (χ3v) is 3.87. The molecule has 0 bridgehead atoms. The summed E-state index contributed by atoms with van der Waals surface area (Å²) in [6.45, 7) is 6.06. The van der Waals surface area contributed by atoms with Crippen LogP contribution in [0.5, 0.6) is 0 Å². The van der Waals surface area contributed by atoms with Gasteiger partial charge in [0, 0.05) is 38.9 Å². The van der Waals surface area contributed by atoms with Gasteiger partial charge in [0.25, 0.3) is 0 Å². The third kappa shape index (κ3) is 3.80. The van der Waals surface area contributed by atoms with Gasteiger partial charge in [-0.2, -0.15) is 5.10 Å². The number of nitrogens with one attached hydrogen (secondary N) is 2. The Hall–Kier alpha value is -1.40. The molecule has 0 aromatic carbocycles. The molecular formula is C14H24N4O2. The lowest BCUT2D eigenvalue weighted by molar-refractivity contribution is -0.122. The first-order valence-corrected chi connectivity index (χ1v) is 7.14. The molecule has 2 rings (SSSR count). The fourth-order valence-electron chi connectivity index (χ4n) is 2.55. The van der Waals surface area contributed by atoms with Gasteiger partial charge in [-0.1, -0.05) is 0 Å². The number of likely N-dealkylation sites (tertiary alicyclic amines) is 1. The zero-order valence-electron chi connectivity index (χ0n) is 12.4. The molecule has 2 N–H and O–H groups in total. The molecule has 1 aromatic rings. The largest absolute Gasteiger partial charge is 0.378 e. The number of rotatable bonds is 6. The first kappa shape index (κ1) is 15.0. The van der Waals surface area contributed by atoms with Crippen molar-refractivity contribution < 1.29 is 9.53 Å². The highest BCUT2D eigenvalue weighted by Gasteiger charge is 2.34. The van der Waals surface area contributed by atoms with Crippen LogP contribution < -0.4 is 5.32 Å². The number of hydrogen-bond acceptors (Lipinski definition) is 4. The number of H-pyrrole nitrogens is 1. The number of methoxy groups -OCH3 is 1. The third-order valence-electron chi connectivity index (χ3n) is 3.87. The van der Waals surface area contributed by atoms with Crippen LogP contribution in [0.2, 0.25) is 0 Å². The summed E-state index contributed by atoms with van der Waals surface area (Å²) in [5, 5.41) is 9.72. The van der Waals surface area contributed by atoms with E-state index in [9.17, 15) is 4.79 Å². The van der Waals surface area contributed by atoms with Crippen molar-refractivity contribution in [2.75, 3.05) is 20.2 Å². The maximum Gasteiger partial charge on any atom is 0.220 e. The maximum absolute atomic E-state index is 12.0. The van der Waals surface area contributed by atoms with Gasteiger partial charge in [-0.3, -0.25) is 14.8 Å². The second kappa shape index (κ2) is 6.85. The molecule has 6 heteroatoms. The number of amides is 1. The smallest absolute Gasteiger partial charge is 0.220 e. The monoisotopic (exact) mass is 280 g/mol. The predicted molar refractivity (Wildman–Crippen MR) is 76.3 cm³/mol. The Morgan fingerprint density at radius 2 is 2.40 bits per heavy atom. The molecule has 0 unspecified atom stereocenters. The van der Waals surface area contributed by atoms with E-state index in [1.165, 1.54) is 0 Å². The van der Waals surface area contributed by atoms with Crippen LogP contribution in [0.3, 0.4) is 0 Å². The molecule has 1 aromatic heterocycles. The minimum absolute atomic E-state index is 0.0730. The molecule has 1 aliphatic heterocycles. The van der Waals surface area contributed by atoms with Crippen molar-refractivity contribution in [2.24, 2.45) is 0 Å². The molecule has 1 saturated heterocycles. The van der Waals surface area contributed by atoms with Crippen molar-refractivity contribution in [3.8, 4) is 0 Å². The van der Waals surface area contributed by atoms with E-state index >= 15 is 0 Å². The summed E-state index contributed by atoms with van der Waals surface area (Å²) in [5.74, 6) is 0.0730. The summed E-state index contributed by atoms with van der Waals surface area (Å²) in [6, 6.07) is 0.555. The zero-order valence-corrected chi connectivity index (χ0v) is 12.4. The molecule has 0 spiro atoms. The number of carbonyl (C=O) groups is 1. The minimum atomic E-state index is 0.0730. The summed E-state index contributed by atoms with van der Waals surface area (Å²) < 4.78 is 5.48. The number of carbonyl (C=O) groups excluding carboxylic acids is 1. The van der Waals surface area contributed by atoms with Crippen LogP contribution in [0.15, 0.2) is 12.4 Å². The highest BCUT2D eigenvalue weighted by molar-refractivity contribution is 5.76. The molecule has 2 heterocycles. The number of aromatic nitrogens is 2. The summed E-state index contributed by atoms with van der Waals surface area (Å²) in [4.78, 5) is 14.3. The quantitative estimate of drug-likeness (QED) is 0.799. The normalized spacial score (nSPS) is 23.4. The van der Waals surface area contributed by atoms with Crippen molar-refractivity contribution >= 4 is 5.91 Å². The van der Waals surface area contributed by atoms with Crippen molar-refractivity contribution in [2.45, 2.75) is 44.9 Å². The molecule has 1 amide bonds. The maximum atomic E-state index is 12.0. The van der Waals surface area contributed by atoms with Crippen molar-refractivity contribution in [3.63, 3.8) is 0 Å². The molecule has 2 atom stereocenters. The van der Waals surface area contributed by atoms with Gasteiger partial charge in [-0.05, 0) is 25.8 Å². The molecule has 1 aliphatic rings. The van der Waals surface area contributed by atoms with Gasteiger partial charge in [0.1, 0.15) is 0 Å². The van der Waals surface area contributed by atoms with Crippen LogP contribution in [0.1, 0.15) is 25.8 Å². The van der Waals surface area contributed by atoms with Gasteiger partial charge in [-0.25, -0.2) is 0 Å². The average molecular weight is 280 g/mol. The van der Waals surface area contributed by atoms with Crippen molar-refractivity contribution in [1.29, 1.82) is 0 Å². The first-order valence-electron chi connectivity index (χ1n) is 7.14. The van der Waals surface area contributed by atoms with Gasteiger partial charge >= 0.3 is 0 Å². The first-order chi connectivity index (χ1) is 9.60. The number of aromatic amines is 1. The van der Waals surface area contributed by atoms with Crippen LogP contribution in [0.4, 0.5) is 0 Å². The Morgan fingerprint density at radius 1 is 1.60 bits per heavy atom. The lowest BCUT2D eigenvalue weighted by Gasteiger charge is -2.20. The predicted octanol–water partition coefficient (Wildman–Crippen LogP) is 0.566. The number of nitrogens with zero attached hydrogens (tertiary/aromatic N) is 2. The summed E-state index contributed by atoms with van der Waals surface area (Å²) >= 11 is 0. The van der Waals surface area contributed by atoms with E-state index in [1.807, 2.05) is 6.20 Å². The lowest BCUT2D eigenvalue weighted by atomic mass is 10.1. The topological polar surface area (TPSA) is 70.2 Å². The highest BCUT2D eigenvalue weighted by Crippen LogP contribution is 2.16. The van der Waals surface area contributed by atoms with Gasteiger partial charge in [0.15, 0.2) is 0 Å². The van der Waals surface area contributed by atoms with Crippen molar-refractivity contribution in [3.05, 3.63) is 18.0 Å². The Balaban J connectivity index is 1.80. The number of ether oxygens (including phenoxy) is 1. The SMILES string of the molecule is CO[C@H]1CN(C(C)C)C[C@@H]1NC(=O)CCc1cn[nH]c1. The summed E-state index contributed by atoms with van der Waals surface area (Å²) in [5.41, 5.74) is 1.05. The number of aryl methyl sites for hydroxylation is 1. The van der Waals surface area contributed by atoms with Gasteiger partial charge in [0.05, 0.1) is 18.3 Å². The Bertz CT molecular complexity index is 419. The fraction of sp³-hybridized carbons (Fsp3) is 0.714. The van der Waals surface area contributed by atoms with Gasteiger partial charge < -0.3 is 10.1 Å². The minimum Gasteiger partial charge on any atom is -0.378 e. The van der Waals surface area contributed by atoms with E-state index in [1.54, 1.807) is 13.3 Å². The zero-order chi connectivity index (χ0) is 14.5. The Kier molecular flexibility index (Phi) is 5.14. The molecule has 0 radical (unpaired) electrons. The second-order valence-electron chi connectivity index (χ2n) is 5.60. The summed E-state index contributed by atoms with van der Waals surface area (Å²) in [7, 11) is 1.71. The van der Waals surface area contributed by atoms with Crippen LogP contribution in [-0.2, 0) is 16.0 Å². The Morgan fingerprint density at radius 3 is 3.00 bits per heavy atom. The lowest BCUT2D eigenvalue weighted by Crippen LogP contribution is -2.43. The molecular weight excluding hydrogens is 256 g/mol.